The first-order valence-corrected chi connectivity index (χ1v) is 9.71. The Morgan fingerprint density at radius 2 is 1.68 bits per heavy atom. The number of hydrogen-bond acceptors (Lipinski definition) is 2. The van der Waals surface area contributed by atoms with E-state index in [-0.39, 0.29) is 5.91 Å². The molecule has 0 atom stereocenters. The van der Waals surface area contributed by atoms with E-state index in [1.165, 1.54) is 5.56 Å². The van der Waals surface area contributed by atoms with E-state index in [1.807, 2.05) is 36.4 Å². The minimum absolute atomic E-state index is 0.0724. The van der Waals surface area contributed by atoms with Crippen molar-refractivity contribution in [1.29, 1.82) is 0 Å². The molecular formula is C24H24ClNO2. The quantitative estimate of drug-likeness (QED) is 0.503. The topological polar surface area (TPSA) is 38.3 Å². The normalized spacial score (nSPS) is 10.8. The molecule has 4 heteroatoms. The Hall–Kier alpha value is -2.78. The number of anilines is 1. The number of rotatable bonds is 6. The number of amides is 1. The molecular weight excluding hydrogens is 370 g/mol. The molecule has 0 fully saturated rings. The SMILES string of the molecule is Cc1ccc(C(C)C)c(Oc2ccc(NC(=O)Cc3ccc(Cl)cc3)cc2)c1. The second-order valence-corrected chi connectivity index (χ2v) is 7.61. The van der Waals surface area contributed by atoms with Crippen molar-refractivity contribution >= 4 is 23.2 Å². The van der Waals surface area contributed by atoms with E-state index >= 15 is 0 Å². The van der Waals surface area contributed by atoms with E-state index in [0.29, 0.717) is 17.4 Å². The van der Waals surface area contributed by atoms with Gasteiger partial charge < -0.3 is 10.1 Å². The molecule has 1 amide bonds. The van der Waals surface area contributed by atoms with Crippen molar-refractivity contribution in [3.63, 3.8) is 0 Å². The zero-order valence-electron chi connectivity index (χ0n) is 16.3. The summed E-state index contributed by atoms with van der Waals surface area (Å²) in [7, 11) is 0. The van der Waals surface area contributed by atoms with Crippen LogP contribution >= 0.6 is 11.6 Å². The number of ether oxygens (including phenoxy) is 1. The average Bonchev–Trinajstić information content (AvgIpc) is 2.65. The van der Waals surface area contributed by atoms with Crippen LogP contribution in [0.25, 0.3) is 0 Å². The molecule has 0 heterocycles. The van der Waals surface area contributed by atoms with Crippen molar-refractivity contribution in [2.75, 3.05) is 5.32 Å². The summed E-state index contributed by atoms with van der Waals surface area (Å²) in [6.45, 7) is 6.35. The first kappa shape index (κ1) is 20.0. The van der Waals surface area contributed by atoms with E-state index in [4.69, 9.17) is 16.3 Å². The molecule has 3 rings (SSSR count). The first-order valence-electron chi connectivity index (χ1n) is 9.33. The zero-order valence-corrected chi connectivity index (χ0v) is 17.1. The highest BCUT2D eigenvalue weighted by Gasteiger charge is 2.10. The highest BCUT2D eigenvalue weighted by molar-refractivity contribution is 6.30. The van der Waals surface area contributed by atoms with Gasteiger partial charge in [0, 0.05) is 10.7 Å². The lowest BCUT2D eigenvalue weighted by atomic mass is 10.0. The van der Waals surface area contributed by atoms with Crippen LogP contribution in [0, 0.1) is 6.92 Å². The Kier molecular flexibility index (Phi) is 6.37. The molecule has 0 saturated carbocycles. The van der Waals surface area contributed by atoms with Crippen LogP contribution in [0.15, 0.2) is 66.7 Å². The molecule has 0 saturated heterocycles. The lowest BCUT2D eigenvalue weighted by molar-refractivity contribution is -0.115. The zero-order chi connectivity index (χ0) is 20.1. The van der Waals surface area contributed by atoms with Crippen LogP contribution in [0.4, 0.5) is 5.69 Å². The fraction of sp³-hybridized carbons (Fsp3) is 0.208. The van der Waals surface area contributed by atoms with Crippen molar-refractivity contribution < 1.29 is 9.53 Å². The van der Waals surface area contributed by atoms with Crippen molar-refractivity contribution in [1.82, 2.24) is 0 Å². The van der Waals surface area contributed by atoms with Crippen LogP contribution < -0.4 is 10.1 Å². The fourth-order valence-electron chi connectivity index (χ4n) is 2.93. The monoisotopic (exact) mass is 393 g/mol. The van der Waals surface area contributed by atoms with E-state index in [9.17, 15) is 4.79 Å². The third-order valence-electron chi connectivity index (χ3n) is 4.43. The van der Waals surface area contributed by atoms with Gasteiger partial charge in [-0.1, -0.05) is 49.7 Å². The summed E-state index contributed by atoms with van der Waals surface area (Å²) in [6, 6.07) is 21.0. The van der Waals surface area contributed by atoms with Crippen LogP contribution in [0.2, 0.25) is 5.02 Å². The molecule has 3 aromatic carbocycles. The van der Waals surface area contributed by atoms with E-state index in [1.54, 1.807) is 12.1 Å². The van der Waals surface area contributed by atoms with Gasteiger partial charge in [-0.2, -0.15) is 0 Å². The summed E-state index contributed by atoms with van der Waals surface area (Å²) < 4.78 is 6.09. The highest BCUT2D eigenvalue weighted by Crippen LogP contribution is 2.32. The van der Waals surface area contributed by atoms with E-state index in [2.05, 4.69) is 44.3 Å². The second kappa shape index (κ2) is 8.94. The van der Waals surface area contributed by atoms with Crippen LogP contribution in [0.5, 0.6) is 11.5 Å². The summed E-state index contributed by atoms with van der Waals surface area (Å²) in [5, 5.41) is 3.57. The number of benzene rings is 3. The van der Waals surface area contributed by atoms with Gasteiger partial charge in [0.05, 0.1) is 6.42 Å². The summed E-state index contributed by atoms with van der Waals surface area (Å²) >= 11 is 5.87. The Labute approximate surface area is 171 Å². The van der Waals surface area contributed by atoms with Gasteiger partial charge in [0.1, 0.15) is 11.5 Å². The summed E-state index contributed by atoms with van der Waals surface area (Å²) in [4.78, 5) is 12.2. The molecule has 0 spiro atoms. The average molecular weight is 394 g/mol. The van der Waals surface area contributed by atoms with Gasteiger partial charge in [-0.25, -0.2) is 0 Å². The summed E-state index contributed by atoms with van der Waals surface area (Å²) in [6.07, 6.45) is 0.302. The summed E-state index contributed by atoms with van der Waals surface area (Å²) in [5.74, 6) is 1.91. The molecule has 144 valence electrons. The minimum Gasteiger partial charge on any atom is -0.457 e. The maximum absolute atomic E-state index is 12.2. The first-order chi connectivity index (χ1) is 13.4. The minimum atomic E-state index is -0.0724. The second-order valence-electron chi connectivity index (χ2n) is 7.17. The standard InChI is InChI=1S/C24H24ClNO2/c1-16(2)22-13-4-17(3)14-23(22)28-21-11-9-20(10-12-21)26-24(27)15-18-5-7-19(25)8-6-18/h4-14,16H,15H2,1-3H3,(H,26,27). The van der Waals surface area contributed by atoms with Gasteiger partial charge in [-0.15, -0.1) is 0 Å². The van der Waals surface area contributed by atoms with E-state index in [0.717, 1.165) is 28.3 Å². The molecule has 3 aromatic rings. The predicted molar refractivity (Wildman–Crippen MR) is 116 cm³/mol. The number of carbonyl (C=O) groups is 1. The van der Waals surface area contributed by atoms with Gasteiger partial charge >= 0.3 is 0 Å². The third kappa shape index (κ3) is 5.37. The molecule has 0 aromatic heterocycles. The third-order valence-corrected chi connectivity index (χ3v) is 4.69. The van der Waals surface area contributed by atoms with Crippen molar-refractivity contribution in [2.45, 2.75) is 33.1 Å². The molecule has 0 unspecified atom stereocenters. The van der Waals surface area contributed by atoms with Crippen LogP contribution in [0.3, 0.4) is 0 Å². The molecule has 0 radical (unpaired) electrons. The Bertz CT molecular complexity index is 947. The number of aryl methyl sites for hydroxylation is 1. The predicted octanol–water partition coefficient (Wildman–Crippen LogP) is 6.75. The molecule has 0 aliphatic rings. The Morgan fingerprint density at radius 1 is 1.00 bits per heavy atom. The van der Waals surface area contributed by atoms with E-state index < -0.39 is 0 Å². The number of nitrogens with one attached hydrogen (secondary N) is 1. The Morgan fingerprint density at radius 3 is 2.32 bits per heavy atom. The Balaban J connectivity index is 1.64. The number of halogens is 1. The van der Waals surface area contributed by atoms with Gasteiger partial charge in [0.15, 0.2) is 0 Å². The van der Waals surface area contributed by atoms with Crippen molar-refractivity contribution in [3.05, 3.63) is 88.4 Å². The van der Waals surface area contributed by atoms with Gasteiger partial charge in [-0.05, 0) is 72.0 Å². The maximum Gasteiger partial charge on any atom is 0.228 e. The molecule has 3 nitrogen and oxygen atoms in total. The van der Waals surface area contributed by atoms with Crippen LogP contribution in [0.1, 0.15) is 36.5 Å². The smallest absolute Gasteiger partial charge is 0.228 e. The van der Waals surface area contributed by atoms with Crippen LogP contribution in [-0.4, -0.2) is 5.91 Å². The van der Waals surface area contributed by atoms with Crippen molar-refractivity contribution in [2.24, 2.45) is 0 Å². The molecule has 28 heavy (non-hydrogen) atoms. The molecule has 0 aliphatic carbocycles. The fourth-order valence-corrected chi connectivity index (χ4v) is 3.06. The van der Waals surface area contributed by atoms with Gasteiger partial charge in [0.2, 0.25) is 5.91 Å². The lowest BCUT2D eigenvalue weighted by Gasteiger charge is -2.15. The van der Waals surface area contributed by atoms with Gasteiger partial charge in [0.25, 0.3) is 0 Å². The lowest BCUT2D eigenvalue weighted by Crippen LogP contribution is -2.14. The molecule has 0 aliphatic heterocycles. The van der Waals surface area contributed by atoms with Crippen LogP contribution in [-0.2, 0) is 11.2 Å². The molecule has 0 bridgehead atoms. The van der Waals surface area contributed by atoms with Crippen molar-refractivity contribution in [3.8, 4) is 11.5 Å². The largest absolute Gasteiger partial charge is 0.457 e. The van der Waals surface area contributed by atoms with Gasteiger partial charge in [-0.3, -0.25) is 4.79 Å². The highest BCUT2D eigenvalue weighted by atomic mass is 35.5. The maximum atomic E-state index is 12.2. The summed E-state index contributed by atoms with van der Waals surface area (Å²) in [5.41, 5.74) is 3.98. The number of carbonyl (C=O) groups excluding carboxylic acids is 1. The number of hydrogen-bond donors (Lipinski definition) is 1. The molecule has 1 N–H and O–H groups in total.